The Kier molecular flexibility index (Phi) is 40.2. The number of hydrogen-bond acceptors (Lipinski definition) is 23. The minimum Gasteiger partial charge on any atom is -0.508 e. The lowest BCUT2D eigenvalue weighted by atomic mass is 9.86. The second kappa shape index (κ2) is 52.4. The van der Waals surface area contributed by atoms with Crippen molar-refractivity contribution in [2.24, 2.45) is 70.3 Å². The molecule has 2 aromatic heterocycles. The maximum absolute atomic E-state index is 15.8. The summed E-state index contributed by atoms with van der Waals surface area (Å²) in [7, 11) is 9.62. The molecule has 0 bridgehead atoms. The summed E-state index contributed by atoms with van der Waals surface area (Å²) in [5.74, 6) is -21.0. The summed E-state index contributed by atoms with van der Waals surface area (Å²) in [6.07, 6.45) is 0.442. The summed E-state index contributed by atoms with van der Waals surface area (Å²) in [4.78, 5) is 254. The molecule has 7 aromatic rings. The van der Waals surface area contributed by atoms with Crippen molar-refractivity contribution in [2.45, 2.75) is 206 Å². The number of aromatic hydroxyl groups is 1. The van der Waals surface area contributed by atoms with Crippen molar-refractivity contribution in [3.8, 4) is 28.2 Å². The molecule has 0 spiro atoms. The van der Waals surface area contributed by atoms with Crippen molar-refractivity contribution in [2.75, 3.05) is 69.5 Å². The number of nitrogens with two attached hydrogens (primary N) is 4. The number of aromatic amines is 2. The topological polar surface area (TPSA) is 561 Å². The number of amides is 10. The highest BCUT2D eigenvalue weighted by Gasteiger charge is 2.43. The third-order valence-corrected chi connectivity index (χ3v) is 29.6. The molecule has 35 nitrogen and oxygen atoms in total. The maximum Gasteiger partial charge on any atom is 0.336 e. The number of Topliss-reactive ketones (excluding diaryl/α,β-unsaturated/α-hetero) is 6. The van der Waals surface area contributed by atoms with Gasteiger partial charge in [-0.05, 0) is 153 Å². The Balaban J connectivity index is 0.851. The number of carbonyl (C=O) groups excluding carboxylic acids is 16. The number of carbonyl (C=O) groups is 17. The first kappa shape index (κ1) is 111. The van der Waals surface area contributed by atoms with Crippen LogP contribution in [-0.2, 0) is 96.0 Å². The lowest BCUT2D eigenvalue weighted by molar-refractivity contribution is -0.142. The summed E-state index contributed by atoms with van der Waals surface area (Å²) in [5.41, 5.74) is 29.7. The molecule has 11 rings (SSSR count). The Morgan fingerprint density at radius 1 is 0.625 bits per heavy atom. The van der Waals surface area contributed by atoms with Gasteiger partial charge in [0.1, 0.15) is 43.0 Å². The number of nitrogens with one attached hydrogen (secondary N) is 8. The van der Waals surface area contributed by atoms with Crippen LogP contribution in [0.5, 0.6) is 5.75 Å². The molecule has 768 valence electrons. The summed E-state index contributed by atoms with van der Waals surface area (Å²) in [6.45, 7) is 6.92. The number of phenols is 1. The third kappa shape index (κ3) is 30.9. The van der Waals surface area contributed by atoms with Gasteiger partial charge in [0.15, 0.2) is 28.9 Å². The van der Waals surface area contributed by atoms with E-state index in [-0.39, 0.29) is 118 Å². The van der Waals surface area contributed by atoms with E-state index < -0.39 is 217 Å². The van der Waals surface area contributed by atoms with Gasteiger partial charge < -0.3 is 89.2 Å². The summed E-state index contributed by atoms with van der Waals surface area (Å²) in [6, 6.07) is 30.1. The van der Waals surface area contributed by atoms with Gasteiger partial charge in [0.05, 0.1) is 42.3 Å². The molecule has 37 heteroatoms. The number of H-pyrrole nitrogens is 2. The fourth-order valence-electron chi connectivity index (χ4n) is 18.9. The number of primary amides is 4. The number of fused-ring (bicyclic) bond motifs is 5. The molecular formula is C107H134N15O20S2+. The van der Waals surface area contributed by atoms with E-state index in [1.807, 2.05) is 106 Å². The Morgan fingerprint density at radius 3 is 1.88 bits per heavy atom. The number of ketones is 6. The number of para-hydroxylation sites is 2. The van der Waals surface area contributed by atoms with Crippen molar-refractivity contribution in [1.29, 1.82) is 0 Å². The largest absolute Gasteiger partial charge is 0.508 e. The summed E-state index contributed by atoms with van der Waals surface area (Å²) in [5, 5.41) is 41.6. The van der Waals surface area contributed by atoms with Gasteiger partial charge in [-0.25, -0.2) is 9.37 Å². The molecule has 2 fully saturated rings. The standard InChI is InChI=1S/C107H133N15O20S2/c1-9-61(4)99(92(129)48-63(100(111)133)26-37-95(108)130)119-105(138)68(44-69-55-113-83-21-14-12-19-77(69)83)50-90(127)86-58-143-144-59-87(106(139)122-41-17-23-88(122)91(128)51-67(43-62-24-32-74(123)33-25-62)101(134)115-57-76(125)46-66(42-60(2)3)104(137)117-86)118-103(136)65(28-39-97(110)132)49-89(126)85(47-70-56-114-84-22-15-13-20-78(70)84)116-102(135)64(27-38-96(109)131)45-75(124)18-11-10-16-40-112-71-29-34-79(82(52-71)107(140)141)98-80-35-30-72(120(5)6)53-93(80)142-94-54-73(121(7)8)31-36-81(94)98/h12-15,19-22,24-25,29-36,52-56,60-61,63-68,85-88,99,113-114H,9-11,16-18,23,26-28,37-51,57-59H2,1-8H3,(H15,108,109,110,111,115,116,117,118,119,123,130,131,132,133,134,135,136,137,138,140,141)/p+1/t61-,63+,64+,65+,66+,67+,68+,85-,86-,87-,88-,99-/m0/s1. The van der Waals surface area contributed by atoms with E-state index in [1.54, 1.807) is 86.9 Å². The number of carboxylic acid groups (broad SMARTS) is 1. The first-order valence-electron chi connectivity index (χ1n) is 49.2. The molecule has 0 saturated carbocycles. The number of benzene rings is 6. The Labute approximate surface area is 843 Å². The molecule has 0 unspecified atom stereocenters. The zero-order chi connectivity index (χ0) is 104. The second-order valence-corrected chi connectivity index (χ2v) is 41.4. The number of carboxylic acids is 1. The van der Waals surface area contributed by atoms with Gasteiger partial charge in [-0.15, -0.1) is 0 Å². The molecule has 1 aliphatic carbocycles. The zero-order valence-corrected chi connectivity index (χ0v) is 84.4. The Morgan fingerprint density at radius 2 is 1.25 bits per heavy atom. The lowest BCUT2D eigenvalue weighted by Gasteiger charge is -2.30. The van der Waals surface area contributed by atoms with Crippen molar-refractivity contribution < 1.29 is 96.1 Å². The van der Waals surface area contributed by atoms with Gasteiger partial charge >= 0.3 is 5.97 Å². The highest BCUT2D eigenvalue weighted by molar-refractivity contribution is 8.76. The van der Waals surface area contributed by atoms with E-state index in [2.05, 4.69) is 41.9 Å². The highest BCUT2D eigenvalue weighted by Crippen LogP contribution is 2.44. The minimum absolute atomic E-state index is 0.0117. The Hall–Kier alpha value is -13.8. The number of unbranched alkanes of at least 4 members (excludes halogenated alkanes) is 2. The highest BCUT2D eigenvalue weighted by atomic mass is 33.1. The summed E-state index contributed by atoms with van der Waals surface area (Å²) < 4.78 is 8.45. The van der Waals surface area contributed by atoms with Crippen molar-refractivity contribution >= 4 is 165 Å². The normalized spacial score (nSPS) is 17.8. The summed E-state index contributed by atoms with van der Waals surface area (Å²) >= 11 is 0. The van der Waals surface area contributed by atoms with Crippen LogP contribution >= 0.6 is 21.6 Å². The van der Waals surface area contributed by atoms with E-state index in [0.717, 1.165) is 43.6 Å². The third-order valence-electron chi connectivity index (χ3n) is 27.1. The smallest absolute Gasteiger partial charge is 0.336 e. The fourth-order valence-corrected chi connectivity index (χ4v) is 21.2. The van der Waals surface area contributed by atoms with Gasteiger partial charge in [0, 0.05) is 219 Å². The number of hydrogen-bond donors (Lipinski definition) is 14. The van der Waals surface area contributed by atoms with Crippen LogP contribution in [0.3, 0.4) is 0 Å². The molecule has 10 amide bonds. The van der Waals surface area contributed by atoms with E-state index >= 15 is 38.4 Å². The van der Waals surface area contributed by atoms with Crippen LogP contribution in [0, 0.1) is 47.3 Å². The second-order valence-electron chi connectivity index (χ2n) is 38.9. The van der Waals surface area contributed by atoms with E-state index in [1.165, 1.54) is 17.0 Å². The monoisotopic (exact) mass is 2010 g/mol. The molecule has 5 aromatic carbocycles. The van der Waals surface area contributed by atoms with E-state index in [9.17, 15) is 53.4 Å². The molecule has 0 radical (unpaired) electrons. The number of anilines is 2. The number of aromatic nitrogens is 2. The molecular weight excluding hydrogens is 1880 g/mol. The predicted molar refractivity (Wildman–Crippen MR) is 552 cm³/mol. The van der Waals surface area contributed by atoms with Crippen LogP contribution in [0.4, 0.5) is 11.4 Å². The average Bonchev–Trinajstić information content (AvgIpc) is 0.806. The molecule has 4 aliphatic rings. The van der Waals surface area contributed by atoms with Crippen LogP contribution in [0.2, 0.25) is 0 Å². The predicted octanol–water partition coefficient (Wildman–Crippen LogP) is 9.64. The SMILES string of the molecule is CC[C@H](C)[C@H](NC(=O)[C@@H](CC(=O)[C@@H]1CSSC[C@H](NC(=O)[C@H](CCC(N)=O)CC(=O)[C@H](Cc2c[nH]c3ccccc23)NC(=O)[C@H](CCC(N)=O)CC(=O)CCCCCNc2ccc(-c3c4ccc(=[N+](C)C)cc-4oc4cc(N(C)C)ccc34)c(C(=O)O)c2)C(=O)N2CCC[C@H]2C(=O)C[C@@H](Cc2ccc(O)cc2)C(=O)NCC(=O)C[C@@H](CC(C)C)C(=O)N1)Cc1c[nH]c2ccccc12)C(=O)C[C@@H](CCC(N)=O)C(N)=O. The zero-order valence-electron chi connectivity index (χ0n) is 82.8. The van der Waals surface area contributed by atoms with Crippen LogP contribution in [-0.4, -0.2) is 214 Å². The molecule has 5 heterocycles. The van der Waals surface area contributed by atoms with Crippen molar-refractivity contribution in [3.63, 3.8) is 0 Å². The number of aromatic carboxylic acids is 1. The van der Waals surface area contributed by atoms with Gasteiger partial charge in [-0.3, -0.25) is 76.7 Å². The van der Waals surface area contributed by atoms with Crippen LogP contribution in [0.1, 0.15) is 183 Å². The number of phenolic OH excluding ortho intramolecular Hbond substituents is 1. The van der Waals surface area contributed by atoms with E-state index in [0.29, 0.717) is 98.9 Å². The van der Waals surface area contributed by atoms with Gasteiger partial charge in [0.25, 0.3) is 0 Å². The molecule has 2 saturated heterocycles. The Bertz CT molecular complexity index is 6260. The molecule has 144 heavy (non-hydrogen) atoms. The average molecular weight is 2010 g/mol. The van der Waals surface area contributed by atoms with E-state index in [4.69, 9.17) is 27.4 Å². The first-order valence-corrected chi connectivity index (χ1v) is 51.7. The van der Waals surface area contributed by atoms with Crippen LogP contribution in [0.25, 0.3) is 55.2 Å². The quantitative estimate of drug-likeness (QED) is 0.00730. The molecule has 3 aliphatic heterocycles. The van der Waals surface area contributed by atoms with Crippen LogP contribution in [0.15, 0.2) is 144 Å². The fraction of sp³-hybridized carbons (Fsp3) is 0.458. The molecule has 18 N–H and O–H groups in total. The first-order chi connectivity index (χ1) is 68.7. The maximum atomic E-state index is 15.8. The van der Waals surface area contributed by atoms with Crippen LogP contribution < -0.4 is 69.7 Å². The van der Waals surface area contributed by atoms with Crippen molar-refractivity contribution in [1.82, 2.24) is 46.0 Å². The van der Waals surface area contributed by atoms with Gasteiger partial charge in [0.2, 0.25) is 64.4 Å². The molecule has 12 atom stereocenters. The van der Waals surface area contributed by atoms with Gasteiger partial charge in [-0.1, -0.05) is 117 Å². The van der Waals surface area contributed by atoms with Gasteiger partial charge in [-0.2, -0.15) is 0 Å². The number of nitrogens with zero attached hydrogens (tertiary/aromatic N) is 3. The number of rotatable bonds is 47. The van der Waals surface area contributed by atoms with Crippen molar-refractivity contribution in [3.05, 3.63) is 167 Å². The minimum atomic E-state index is -1.61. The lowest BCUT2D eigenvalue weighted by Crippen LogP contribution is -2.54.